The number of pyridine rings is 1. The minimum Gasteiger partial charge on any atom is -0.391 e. The Morgan fingerprint density at radius 3 is 2.33 bits per heavy atom. The average Bonchev–Trinajstić information content (AvgIpc) is 2.49. The van der Waals surface area contributed by atoms with E-state index in [1.165, 1.54) is 10.5 Å². The molecule has 7 heteroatoms. The zero-order valence-corrected chi connectivity index (χ0v) is 16.0. The van der Waals surface area contributed by atoms with E-state index in [2.05, 4.69) is 4.98 Å². The van der Waals surface area contributed by atoms with Crippen LogP contribution in [0.2, 0.25) is 0 Å². The lowest BCUT2D eigenvalue weighted by Crippen LogP contribution is -2.43. The van der Waals surface area contributed by atoms with Gasteiger partial charge in [0, 0.05) is 31.4 Å². The van der Waals surface area contributed by atoms with E-state index in [4.69, 9.17) is 0 Å². The maximum absolute atomic E-state index is 12.8. The third kappa shape index (κ3) is 3.90. The Bertz CT molecular complexity index is 636. The zero-order chi connectivity index (χ0) is 18.1. The summed E-state index contributed by atoms with van der Waals surface area (Å²) >= 11 is 0. The fraction of sp³-hybridized carbons (Fsp3) is 0.706. The van der Waals surface area contributed by atoms with E-state index >= 15 is 0 Å². The molecule has 2 unspecified atom stereocenters. The zero-order valence-electron chi connectivity index (χ0n) is 15.2. The van der Waals surface area contributed by atoms with Crippen molar-refractivity contribution in [2.24, 2.45) is 5.92 Å². The molecule has 1 N–H and O–H groups in total. The highest BCUT2D eigenvalue weighted by Gasteiger charge is 2.30. The molecule has 0 aliphatic carbocycles. The maximum Gasteiger partial charge on any atom is 0.245 e. The van der Waals surface area contributed by atoms with E-state index in [-0.39, 0.29) is 29.0 Å². The predicted molar refractivity (Wildman–Crippen MR) is 95.5 cm³/mol. The Labute approximate surface area is 145 Å². The molecule has 6 nitrogen and oxygen atoms in total. The first-order valence-electron chi connectivity index (χ1n) is 8.57. The minimum atomic E-state index is -3.56. The van der Waals surface area contributed by atoms with Gasteiger partial charge in [-0.2, -0.15) is 4.31 Å². The number of nitrogens with zero attached hydrogens (tertiary/aromatic N) is 3. The number of hydrogen-bond donors (Lipinski definition) is 1. The Morgan fingerprint density at radius 2 is 1.88 bits per heavy atom. The van der Waals surface area contributed by atoms with Crippen LogP contribution < -0.4 is 4.90 Å². The Kier molecular flexibility index (Phi) is 5.88. The van der Waals surface area contributed by atoms with Crippen molar-refractivity contribution in [3.63, 3.8) is 0 Å². The summed E-state index contributed by atoms with van der Waals surface area (Å²) in [5.74, 6) is 0.993. The van der Waals surface area contributed by atoms with E-state index in [0.717, 1.165) is 13.0 Å². The highest BCUT2D eigenvalue weighted by molar-refractivity contribution is 7.89. The van der Waals surface area contributed by atoms with Gasteiger partial charge in [0.2, 0.25) is 10.0 Å². The van der Waals surface area contributed by atoms with Gasteiger partial charge in [-0.1, -0.05) is 6.92 Å². The van der Waals surface area contributed by atoms with Crippen molar-refractivity contribution in [2.45, 2.75) is 64.1 Å². The number of piperidine rings is 1. The highest BCUT2D eigenvalue weighted by atomic mass is 32.2. The molecule has 0 bridgehead atoms. The van der Waals surface area contributed by atoms with Gasteiger partial charge in [-0.05, 0) is 52.2 Å². The number of sulfonamides is 1. The van der Waals surface area contributed by atoms with Crippen molar-refractivity contribution >= 4 is 15.8 Å². The van der Waals surface area contributed by atoms with Gasteiger partial charge in [0.1, 0.15) is 10.7 Å². The number of anilines is 1. The van der Waals surface area contributed by atoms with E-state index in [1.54, 1.807) is 12.1 Å². The lowest BCUT2D eigenvalue weighted by Gasteiger charge is -2.35. The topological polar surface area (TPSA) is 73.7 Å². The molecule has 0 spiro atoms. The molecule has 1 aromatic heterocycles. The quantitative estimate of drug-likeness (QED) is 0.875. The van der Waals surface area contributed by atoms with Gasteiger partial charge in [0.05, 0.1) is 6.10 Å². The number of aliphatic hydroxyl groups excluding tert-OH is 1. The molecule has 0 saturated carbocycles. The highest BCUT2D eigenvalue weighted by Crippen LogP contribution is 2.25. The second kappa shape index (κ2) is 7.37. The standard InChI is InChI=1S/C17H29N3O3S/c1-12(2)20(13(3)4)24(22,23)15-6-7-17(18-10-15)19-9-8-14(5)16(21)11-19/h6-7,10,12-14,16,21H,8-9,11H2,1-5H3. The third-order valence-electron chi connectivity index (χ3n) is 4.56. The number of aliphatic hydroxyl groups is 1. The van der Waals surface area contributed by atoms with Crippen LogP contribution in [0.5, 0.6) is 0 Å². The van der Waals surface area contributed by atoms with Crippen LogP contribution in [0.15, 0.2) is 23.2 Å². The van der Waals surface area contributed by atoms with E-state index in [9.17, 15) is 13.5 Å². The Balaban J connectivity index is 2.22. The van der Waals surface area contributed by atoms with Crippen LogP contribution >= 0.6 is 0 Å². The summed E-state index contributed by atoms with van der Waals surface area (Å²) in [7, 11) is -3.56. The summed E-state index contributed by atoms with van der Waals surface area (Å²) in [5, 5.41) is 10.0. The largest absolute Gasteiger partial charge is 0.391 e. The van der Waals surface area contributed by atoms with Crippen molar-refractivity contribution in [1.29, 1.82) is 0 Å². The van der Waals surface area contributed by atoms with Crippen LogP contribution in [-0.2, 0) is 10.0 Å². The molecule has 0 aromatic carbocycles. The van der Waals surface area contributed by atoms with E-state index in [1.807, 2.05) is 39.5 Å². The molecule has 1 saturated heterocycles. The summed E-state index contributed by atoms with van der Waals surface area (Å²) in [4.78, 5) is 6.55. The average molecular weight is 356 g/mol. The van der Waals surface area contributed by atoms with Crippen LogP contribution in [-0.4, -0.2) is 54.1 Å². The molecule has 2 atom stereocenters. The van der Waals surface area contributed by atoms with Gasteiger partial charge in [0.25, 0.3) is 0 Å². The van der Waals surface area contributed by atoms with Crippen molar-refractivity contribution in [1.82, 2.24) is 9.29 Å². The molecule has 1 aliphatic heterocycles. The molecule has 1 aliphatic rings. The summed E-state index contributed by atoms with van der Waals surface area (Å²) in [6, 6.07) is 3.11. The molecule has 136 valence electrons. The SMILES string of the molecule is CC1CCN(c2ccc(S(=O)(=O)N(C(C)C)C(C)C)cn2)CC1O. The second-order valence-electron chi connectivity index (χ2n) is 7.15. The first-order chi connectivity index (χ1) is 11.1. The predicted octanol–water partition coefficient (Wildman–Crippen LogP) is 2.10. The molecular weight excluding hydrogens is 326 g/mol. The van der Waals surface area contributed by atoms with Gasteiger partial charge < -0.3 is 10.0 Å². The van der Waals surface area contributed by atoms with E-state index < -0.39 is 10.0 Å². The first kappa shape index (κ1) is 19.1. The van der Waals surface area contributed by atoms with Crippen LogP contribution in [0.3, 0.4) is 0 Å². The van der Waals surface area contributed by atoms with Crippen molar-refractivity contribution in [3.05, 3.63) is 18.3 Å². The smallest absolute Gasteiger partial charge is 0.245 e. The summed E-state index contributed by atoms with van der Waals surface area (Å²) in [5.41, 5.74) is 0. The lowest BCUT2D eigenvalue weighted by molar-refractivity contribution is 0.102. The molecule has 0 radical (unpaired) electrons. The first-order valence-corrected chi connectivity index (χ1v) is 10.0. The van der Waals surface area contributed by atoms with Gasteiger partial charge in [-0.15, -0.1) is 0 Å². The fourth-order valence-corrected chi connectivity index (χ4v) is 5.02. The van der Waals surface area contributed by atoms with Crippen molar-refractivity contribution in [3.8, 4) is 0 Å². The van der Waals surface area contributed by atoms with Gasteiger partial charge in [-0.25, -0.2) is 13.4 Å². The molecule has 2 rings (SSSR count). The number of hydrogen-bond acceptors (Lipinski definition) is 5. The lowest BCUT2D eigenvalue weighted by atomic mass is 9.96. The molecule has 24 heavy (non-hydrogen) atoms. The molecule has 1 aromatic rings. The van der Waals surface area contributed by atoms with Crippen LogP contribution in [0.25, 0.3) is 0 Å². The monoisotopic (exact) mass is 355 g/mol. The van der Waals surface area contributed by atoms with Crippen LogP contribution in [0.1, 0.15) is 41.0 Å². The number of aromatic nitrogens is 1. The van der Waals surface area contributed by atoms with Gasteiger partial charge >= 0.3 is 0 Å². The summed E-state index contributed by atoms with van der Waals surface area (Å²) < 4.78 is 27.2. The number of β-amino-alcohol motifs (C(OH)–C–C–N with tert-alkyl or cyclic N) is 1. The van der Waals surface area contributed by atoms with Crippen LogP contribution in [0, 0.1) is 5.92 Å². The fourth-order valence-electron chi connectivity index (χ4n) is 3.24. The van der Waals surface area contributed by atoms with Gasteiger partial charge in [0.15, 0.2) is 0 Å². The third-order valence-corrected chi connectivity index (χ3v) is 6.79. The maximum atomic E-state index is 12.8. The molecular formula is C17H29N3O3S. The molecule has 0 amide bonds. The van der Waals surface area contributed by atoms with Crippen molar-refractivity contribution in [2.75, 3.05) is 18.0 Å². The summed E-state index contributed by atoms with van der Waals surface area (Å²) in [6.07, 6.45) is 1.95. The molecule has 1 fully saturated rings. The minimum absolute atomic E-state index is 0.117. The van der Waals surface area contributed by atoms with Crippen molar-refractivity contribution < 1.29 is 13.5 Å². The van der Waals surface area contributed by atoms with E-state index in [0.29, 0.717) is 12.4 Å². The number of rotatable bonds is 5. The van der Waals surface area contributed by atoms with Gasteiger partial charge in [-0.3, -0.25) is 0 Å². The Morgan fingerprint density at radius 1 is 1.25 bits per heavy atom. The normalized spacial score (nSPS) is 22.6. The Hall–Kier alpha value is -1.18. The summed E-state index contributed by atoms with van der Waals surface area (Å²) in [6.45, 7) is 10.9. The van der Waals surface area contributed by atoms with Crippen LogP contribution in [0.4, 0.5) is 5.82 Å². The second-order valence-corrected chi connectivity index (χ2v) is 9.00. The molecule has 2 heterocycles.